The lowest BCUT2D eigenvalue weighted by Gasteiger charge is -2.08. The zero-order chi connectivity index (χ0) is 13.0. The molecule has 2 rings (SSSR count). The van der Waals surface area contributed by atoms with Crippen LogP contribution in [-0.2, 0) is 6.42 Å². The molecule has 5 heteroatoms. The first-order valence-corrected chi connectivity index (χ1v) is 5.44. The smallest absolute Gasteiger partial charge is 0.269 e. The van der Waals surface area contributed by atoms with E-state index in [1.165, 1.54) is 12.4 Å². The van der Waals surface area contributed by atoms with Gasteiger partial charge in [-0.1, -0.05) is 18.2 Å². The van der Waals surface area contributed by atoms with E-state index in [-0.39, 0.29) is 5.69 Å². The Bertz CT molecular complexity index is 570. The van der Waals surface area contributed by atoms with E-state index in [0.29, 0.717) is 12.1 Å². The number of hydrogen-bond acceptors (Lipinski definition) is 4. The summed E-state index contributed by atoms with van der Waals surface area (Å²) in [5.74, 6) is 0.173. The molecule has 1 heterocycles. The van der Waals surface area contributed by atoms with Crippen LogP contribution in [0.5, 0.6) is 5.75 Å². The Morgan fingerprint density at radius 3 is 2.72 bits per heavy atom. The topological polar surface area (TPSA) is 78.1 Å². The average Bonchev–Trinajstić information content (AvgIpc) is 2.40. The molecule has 0 atom stereocenters. The third-order valence-electron chi connectivity index (χ3n) is 2.56. The van der Waals surface area contributed by atoms with Gasteiger partial charge in [0.25, 0.3) is 5.91 Å². The number of methoxy groups -OCH3 is 1. The Hall–Kier alpha value is -2.43. The standard InChI is InChI=1S/C13H13N3O2/c1-18-11-5-3-2-4-9(11)8-10-12(13(14)17)16-7-6-15-10/h2-7H,8H2,1H3,(H2,14,17). The Morgan fingerprint density at radius 2 is 2.00 bits per heavy atom. The second kappa shape index (κ2) is 5.27. The number of para-hydroxylation sites is 1. The highest BCUT2D eigenvalue weighted by atomic mass is 16.5. The molecular formula is C13H13N3O2. The average molecular weight is 243 g/mol. The number of nitrogens with two attached hydrogens (primary N) is 1. The highest BCUT2D eigenvalue weighted by Gasteiger charge is 2.12. The van der Waals surface area contributed by atoms with Crippen molar-refractivity contribution in [1.29, 1.82) is 0 Å². The molecule has 0 fully saturated rings. The van der Waals surface area contributed by atoms with Gasteiger partial charge in [0.05, 0.1) is 12.8 Å². The number of hydrogen-bond donors (Lipinski definition) is 1. The molecule has 0 saturated carbocycles. The minimum Gasteiger partial charge on any atom is -0.496 e. The first kappa shape index (κ1) is 12.0. The maximum Gasteiger partial charge on any atom is 0.269 e. The molecule has 1 aromatic carbocycles. The van der Waals surface area contributed by atoms with Crippen molar-refractivity contribution in [3.63, 3.8) is 0 Å². The van der Waals surface area contributed by atoms with Crippen LogP contribution in [0.25, 0.3) is 0 Å². The summed E-state index contributed by atoms with van der Waals surface area (Å²) in [5, 5.41) is 0. The number of rotatable bonds is 4. The van der Waals surface area contributed by atoms with Gasteiger partial charge in [0.2, 0.25) is 0 Å². The van der Waals surface area contributed by atoms with Gasteiger partial charge in [0.15, 0.2) is 0 Å². The second-order valence-electron chi connectivity index (χ2n) is 3.70. The Kier molecular flexibility index (Phi) is 3.52. The molecule has 0 unspecified atom stereocenters. The second-order valence-corrected chi connectivity index (χ2v) is 3.70. The van der Waals surface area contributed by atoms with Crippen molar-refractivity contribution in [2.45, 2.75) is 6.42 Å². The van der Waals surface area contributed by atoms with Gasteiger partial charge in [0.1, 0.15) is 11.4 Å². The van der Waals surface area contributed by atoms with E-state index >= 15 is 0 Å². The molecule has 0 bridgehead atoms. The first-order valence-electron chi connectivity index (χ1n) is 5.44. The first-order chi connectivity index (χ1) is 8.72. The SMILES string of the molecule is COc1ccccc1Cc1nccnc1C(N)=O. The highest BCUT2D eigenvalue weighted by molar-refractivity contribution is 5.91. The quantitative estimate of drug-likeness (QED) is 0.874. The zero-order valence-electron chi connectivity index (χ0n) is 9.96. The fourth-order valence-corrected chi connectivity index (χ4v) is 1.73. The van der Waals surface area contributed by atoms with Crippen LogP contribution in [0, 0.1) is 0 Å². The maximum absolute atomic E-state index is 11.3. The summed E-state index contributed by atoms with van der Waals surface area (Å²) >= 11 is 0. The molecular weight excluding hydrogens is 230 g/mol. The fourth-order valence-electron chi connectivity index (χ4n) is 1.73. The number of primary amides is 1. The molecule has 2 aromatic rings. The molecule has 92 valence electrons. The van der Waals surface area contributed by atoms with Gasteiger partial charge in [-0.25, -0.2) is 4.98 Å². The Morgan fingerprint density at radius 1 is 1.28 bits per heavy atom. The van der Waals surface area contributed by atoms with Gasteiger partial charge in [-0.15, -0.1) is 0 Å². The van der Waals surface area contributed by atoms with Gasteiger partial charge in [-0.2, -0.15) is 0 Å². The fraction of sp³-hybridized carbons (Fsp3) is 0.154. The van der Waals surface area contributed by atoms with Gasteiger partial charge in [-0.3, -0.25) is 9.78 Å². The third kappa shape index (κ3) is 2.45. The van der Waals surface area contributed by atoms with Crippen molar-refractivity contribution in [1.82, 2.24) is 9.97 Å². The van der Waals surface area contributed by atoms with E-state index in [1.54, 1.807) is 7.11 Å². The molecule has 5 nitrogen and oxygen atoms in total. The van der Waals surface area contributed by atoms with Gasteiger partial charge >= 0.3 is 0 Å². The maximum atomic E-state index is 11.3. The van der Waals surface area contributed by atoms with Gasteiger partial charge in [0, 0.05) is 24.4 Å². The van der Waals surface area contributed by atoms with Crippen molar-refractivity contribution in [3.05, 3.63) is 53.6 Å². The summed E-state index contributed by atoms with van der Waals surface area (Å²) in [6.45, 7) is 0. The lowest BCUT2D eigenvalue weighted by Crippen LogP contribution is -2.17. The monoisotopic (exact) mass is 243 g/mol. The predicted octanol–water partition coefficient (Wildman–Crippen LogP) is 1.17. The summed E-state index contributed by atoms with van der Waals surface area (Å²) < 4.78 is 5.25. The number of benzene rings is 1. The number of carbonyl (C=O) groups excluding carboxylic acids is 1. The number of amides is 1. The van der Waals surface area contributed by atoms with Crippen LogP contribution in [0.3, 0.4) is 0 Å². The minimum absolute atomic E-state index is 0.198. The van der Waals surface area contributed by atoms with E-state index in [1.807, 2.05) is 24.3 Å². The summed E-state index contributed by atoms with van der Waals surface area (Å²) in [6.07, 6.45) is 3.44. The molecule has 18 heavy (non-hydrogen) atoms. The van der Waals surface area contributed by atoms with Crippen molar-refractivity contribution in [2.75, 3.05) is 7.11 Å². The number of ether oxygens (including phenoxy) is 1. The lowest BCUT2D eigenvalue weighted by atomic mass is 10.1. The Labute approximate surface area is 105 Å². The third-order valence-corrected chi connectivity index (χ3v) is 2.56. The number of nitrogens with zero attached hydrogens (tertiary/aromatic N) is 2. The zero-order valence-corrected chi connectivity index (χ0v) is 9.96. The minimum atomic E-state index is -0.576. The Balaban J connectivity index is 2.37. The van der Waals surface area contributed by atoms with E-state index < -0.39 is 5.91 Å². The molecule has 1 amide bonds. The molecule has 0 aliphatic carbocycles. The molecule has 0 aliphatic rings. The van der Waals surface area contributed by atoms with Crippen LogP contribution in [-0.4, -0.2) is 23.0 Å². The van der Waals surface area contributed by atoms with Crippen LogP contribution >= 0.6 is 0 Å². The van der Waals surface area contributed by atoms with Crippen LogP contribution in [0.2, 0.25) is 0 Å². The normalized spacial score (nSPS) is 10.1. The van der Waals surface area contributed by atoms with Crippen LogP contribution in [0.4, 0.5) is 0 Å². The molecule has 0 radical (unpaired) electrons. The van der Waals surface area contributed by atoms with Crippen molar-refractivity contribution < 1.29 is 9.53 Å². The molecule has 0 saturated heterocycles. The van der Waals surface area contributed by atoms with Gasteiger partial charge < -0.3 is 10.5 Å². The number of aromatic nitrogens is 2. The van der Waals surface area contributed by atoms with Crippen LogP contribution < -0.4 is 10.5 Å². The summed E-state index contributed by atoms with van der Waals surface area (Å²) in [4.78, 5) is 19.4. The molecule has 1 aromatic heterocycles. The van der Waals surface area contributed by atoms with Crippen molar-refractivity contribution in [3.8, 4) is 5.75 Å². The van der Waals surface area contributed by atoms with E-state index in [9.17, 15) is 4.79 Å². The van der Waals surface area contributed by atoms with E-state index in [0.717, 1.165) is 11.3 Å². The van der Waals surface area contributed by atoms with E-state index in [4.69, 9.17) is 10.5 Å². The molecule has 0 spiro atoms. The number of carbonyl (C=O) groups is 1. The summed E-state index contributed by atoms with van der Waals surface area (Å²) in [5.41, 5.74) is 6.95. The van der Waals surface area contributed by atoms with Crippen molar-refractivity contribution in [2.24, 2.45) is 5.73 Å². The largest absolute Gasteiger partial charge is 0.496 e. The van der Waals surface area contributed by atoms with Crippen LogP contribution in [0.15, 0.2) is 36.7 Å². The summed E-state index contributed by atoms with van der Waals surface area (Å²) in [7, 11) is 1.60. The summed E-state index contributed by atoms with van der Waals surface area (Å²) in [6, 6.07) is 7.56. The predicted molar refractivity (Wildman–Crippen MR) is 66.3 cm³/mol. The molecule has 2 N–H and O–H groups in total. The van der Waals surface area contributed by atoms with Crippen LogP contribution in [0.1, 0.15) is 21.7 Å². The van der Waals surface area contributed by atoms with Crippen molar-refractivity contribution >= 4 is 5.91 Å². The molecule has 0 aliphatic heterocycles. The van der Waals surface area contributed by atoms with Gasteiger partial charge in [-0.05, 0) is 6.07 Å². The highest BCUT2D eigenvalue weighted by Crippen LogP contribution is 2.20. The van der Waals surface area contributed by atoms with E-state index in [2.05, 4.69) is 9.97 Å². The lowest BCUT2D eigenvalue weighted by molar-refractivity contribution is 0.0994.